The molecule has 4 heteroatoms. The molecule has 1 aliphatic carbocycles. The highest BCUT2D eigenvalue weighted by Crippen LogP contribution is 2.38. The molecule has 17 heavy (non-hydrogen) atoms. The fourth-order valence-electron chi connectivity index (χ4n) is 2.52. The van der Waals surface area contributed by atoms with Gasteiger partial charge in [-0.05, 0) is 31.2 Å². The maximum atomic E-state index is 6.10. The van der Waals surface area contributed by atoms with Crippen LogP contribution in [0.2, 0.25) is 0 Å². The molecule has 0 amide bonds. The van der Waals surface area contributed by atoms with Crippen LogP contribution in [0.4, 0.5) is 5.82 Å². The molecule has 90 valence electrons. The van der Waals surface area contributed by atoms with E-state index in [0.29, 0.717) is 5.82 Å². The Balaban J connectivity index is 2.08. The van der Waals surface area contributed by atoms with Gasteiger partial charge in [0.1, 0.15) is 16.5 Å². The van der Waals surface area contributed by atoms with Crippen molar-refractivity contribution in [2.75, 3.05) is 5.73 Å². The molecule has 0 aliphatic heterocycles. The minimum atomic E-state index is 0.695. The number of nitrogens with zero attached hydrogens (tertiary/aromatic N) is 2. The smallest absolute Gasteiger partial charge is 0.136 e. The number of hydrogen-bond donors (Lipinski definition) is 1. The Labute approximate surface area is 105 Å². The van der Waals surface area contributed by atoms with Crippen LogP contribution in [0.15, 0.2) is 0 Å². The zero-order valence-corrected chi connectivity index (χ0v) is 10.9. The van der Waals surface area contributed by atoms with Crippen molar-refractivity contribution in [3.8, 4) is 0 Å². The van der Waals surface area contributed by atoms with Gasteiger partial charge in [-0.2, -0.15) is 0 Å². The molecule has 0 saturated carbocycles. The molecule has 0 saturated heterocycles. The van der Waals surface area contributed by atoms with Gasteiger partial charge in [0.25, 0.3) is 0 Å². The van der Waals surface area contributed by atoms with Crippen LogP contribution in [0, 0.1) is 0 Å². The number of unbranched alkanes of at least 4 members (excludes halogenated alkanes) is 1. The Morgan fingerprint density at radius 3 is 3.00 bits per heavy atom. The van der Waals surface area contributed by atoms with E-state index < -0.39 is 0 Å². The van der Waals surface area contributed by atoms with E-state index in [9.17, 15) is 0 Å². The Morgan fingerprint density at radius 1 is 1.29 bits per heavy atom. The maximum Gasteiger partial charge on any atom is 0.136 e. The van der Waals surface area contributed by atoms with Gasteiger partial charge in [-0.15, -0.1) is 11.3 Å². The Morgan fingerprint density at radius 2 is 2.18 bits per heavy atom. The lowest BCUT2D eigenvalue weighted by atomic mass is 10.2. The normalized spacial score (nSPS) is 14.4. The number of rotatable bonds is 3. The summed E-state index contributed by atoms with van der Waals surface area (Å²) in [6.07, 6.45) is 6.85. The Kier molecular flexibility index (Phi) is 2.74. The average molecular weight is 247 g/mol. The van der Waals surface area contributed by atoms with Crippen LogP contribution in [0.1, 0.15) is 42.5 Å². The third-order valence-corrected chi connectivity index (χ3v) is 4.58. The number of hydrogen-bond acceptors (Lipinski definition) is 4. The van der Waals surface area contributed by atoms with Gasteiger partial charge < -0.3 is 5.73 Å². The summed E-state index contributed by atoms with van der Waals surface area (Å²) in [5.74, 6) is 1.61. The SMILES string of the molecule is CCCCc1nc(N)c2c3c(sc2n1)CCC3. The number of thiophene rings is 1. The lowest BCUT2D eigenvalue weighted by molar-refractivity contribution is 0.758. The van der Waals surface area contributed by atoms with Crippen LogP contribution >= 0.6 is 11.3 Å². The van der Waals surface area contributed by atoms with Gasteiger partial charge in [0, 0.05) is 11.3 Å². The van der Waals surface area contributed by atoms with Crippen LogP contribution in [-0.2, 0) is 19.3 Å². The zero-order valence-electron chi connectivity index (χ0n) is 10.1. The number of nitrogens with two attached hydrogens (primary N) is 1. The summed E-state index contributed by atoms with van der Waals surface area (Å²) in [5, 5.41) is 1.14. The van der Waals surface area contributed by atoms with E-state index in [1.165, 1.54) is 29.7 Å². The van der Waals surface area contributed by atoms with Crippen molar-refractivity contribution in [2.24, 2.45) is 0 Å². The van der Waals surface area contributed by atoms with Gasteiger partial charge in [-0.25, -0.2) is 9.97 Å². The zero-order chi connectivity index (χ0) is 11.8. The molecule has 0 atom stereocenters. The lowest BCUT2D eigenvalue weighted by Gasteiger charge is -2.02. The molecule has 0 unspecified atom stereocenters. The highest BCUT2D eigenvalue weighted by molar-refractivity contribution is 7.19. The van der Waals surface area contributed by atoms with Gasteiger partial charge in [0.05, 0.1) is 5.39 Å². The molecule has 1 aliphatic rings. The second-order valence-corrected chi connectivity index (χ2v) is 5.75. The van der Waals surface area contributed by atoms with E-state index in [1.54, 1.807) is 0 Å². The summed E-state index contributed by atoms with van der Waals surface area (Å²) in [6, 6.07) is 0. The molecule has 2 aromatic heterocycles. The first-order valence-corrected chi connectivity index (χ1v) is 7.18. The van der Waals surface area contributed by atoms with Crippen molar-refractivity contribution in [3.63, 3.8) is 0 Å². The van der Waals surface area contributed by atoms with Crippen molar-refractivity contribution in [2.45, 2.75) is 45.4 Å². The summed E-state index contributed by atoms with van der Waals surface area (Å²) in [4.78, 5) is 11.7. The van der Waals surface area contributed by atoms with Crippen molar-refractivity contribution in [3.05, 3.63) is 16.3 Å². The second-order valence-electron chi connectivity index (χ2n) is 4.67. The van der Waals surface area contributed by atoms with Gasteiger partial charge >= 0.3 is 0 Å². The van der Waals surface area contributed by atoms with Crippen LogP contribution in [0.25, 0.3) is 10.2 Å². The van der Waals surface area contributed by atoms with Crippen molar-refractivity contribution < 1.29 is 0 Å². The van der Waals surface area contributed by atoms with Crippen molar-refractivity contribution >= 4 is 27.4 Å². The number of nitrogen functional groups attached to an aromatic ring is 1. The van der Waals surface area contributed by atoms with Gasteiger partial charge in [0.2, 0.25) is 0 Å². The second kappa shape index (κ2) is 4.26. The highest BCUT2D eigenvalue weighted by atomic mass is 32.1. The maximum absolute atomic E-state index is 6.10. The average Bonchev–Trinajstić information content (AvgIpc) is 2.85. The predicted molar refractivity (Wildman–Crippen MR) is 72.5 cm³/mol. The largest absolute Gasteiger partial charge is 0.383 e. The van der Waals surface area contributed by atoms with E-state index in [2.05, 4.69) is 16.9 Å². The fourth-order valence-corrected chi connectivity index (χ4v) is 3.80. The number of aromatic nitrogens is 2. The van der Waals surface area contributed by atoms with Gasteiger partial charge in [-0.1, -0.05) is 13.3 Å². The molecule has 2 aromatic rings. The molecule has 2 heterocycles. The van der Waals surface area contributed by atoms with E-state index >= 15 is 0 Å². The summed E-state index contributed by atoms with van der Waals surface area (Å²) in [5.41, 5.74) is 7.52. The van der Waals surface area contributed by atoms with Gasteiger partial charge in [-0.3, -0.25) is 0 Å². The van der Waals surface area contributed by atoms with Crippen LogP contribution in [-0.4, -0.2) is 9.97 Å². The molecular weight excluding hydrogens is 230 g/mol. The fraction of sp³-hybridized carbons (Fsp3) is 0.538. The lowest BCUT2D eigenvalue weighted by Crippen LogP contribution is -2.00. The van der Waals surface area contributed by atoms with Crippen LogP contribution in [0.3, 0.4) is 0 Å². The minimum Gasteiger partial charge on any atom is -0.383 e. The predicted octanol–water partition coefficient (Wildman–Crippen LogP) is 3.10. The summed E-state index contributed by atoms with van der Waals surface area (Å²) >= 11 is 1.82. The van der Waals surface area contributed by atoms with E-state index in [-0.39, 0.29) is 0 Å². The Hall–Kier alpha value is -1.16. The van der Waals surface area contributed by atoms with Crippen molar-refractivity contribution in [1.82, 2.24) is 9.97 Å². The monoisotopic (exact) mass is 247 g/mol. The standard InChI is InChI=1S/C13H17N3S/c1-2-3-7-10-15-12(14)11-8-5-4-6-9(8)17-13(11)16-10/h2-7H2,1H3,(H2,14,15,16). The van der Waals surface area contributed by atoms with E-state index in [4.69, 9.17) is 5.73 Å². The minimum absolute atomic E-state index is 0.695. The van der Waals surface area contributed by atoms with Crippen molar-refractivity contribution in [1.29, 1.82) is 0 Å². The molecule has 0 bridgehead atoms. The molecule has 0 aromatic carbocycles. The first-order valence-electron chi connectivity index (χ1n) is 6.36. The first kappa shape index (κ1) is 11.0. The summed E-state index contributed by atoms with van der Waals surface area (Å²) in [6.45, 7) is 2.18. The summed E-state index contributed by atoms with van der Waals surface area (Å²) < 4.78 is 0. The first-order chi connectivity index (χ1) is 8.29. The number of anilines is 1. The molecule has 0 spiro atoms. The van der Waals surface area contributed by atoms with Crippen LogP contribution in [0.5, 0.6) is 0 Å². The van der Waals surface area contributed by atoms with Gasteiger partial charge in [0.15, 0.2) is 0 Å². The molecule has 3 rings (SSSR count). The third-order valence-electron chi connectivity index (χ3n) is 3.39. The van der Waals surface area contributed by atoms with Crippen LogP contribution < -0.4 is 5.73 Å². The molecule has 0 radical (unpaired) electrons. The Bertz CT molecular complexity index is 559. The third kappa shape index (κ3) is 1.80. The molecule has 3 nitrogen and oxygen atoms in total. The highest BCUT2D eigenvalue weighted by Gasteiger charge is 2.21. The number of aryl methyl sites for hydroxylation is 3. The summed E-state index contributed by atoms with van der Waals surface area (Å²) in [7, 11) is 0. The van der Waals surface area contributed by atoms with E-state index in [1.807, 2.05) is 11.3 Å². The number of fused-ring (bicyclic) bond motifs is 3. The molecule has 2 N–H and O–H groups in total. The molecular formula is C13H17N3S. The topological polar surface area (TPSA) is 51.8 Å². The molecule has 0 fully saturated rings. The quantitative estimate of drug-likeness (QED) is 0.906. The van der Waals surface area contributed by atoms with E-state index in [0.717, 1.165) is 35.3 Å².